The number of carbonyl (C=O) groups is 3. The van der Waals surface area contributed by atoms with Crippen LogP contribution in [0.15, 0.2) is 65.9 Å². The van der Waals surface area contributed by atoms with Gasteiger partial charge in [0.25, 0.3) is 5.91 Å². The van der Waals surface area contributed by atoms with Gasteiger partial charge in [0.1, 0.15) is 5.71 Å². The molecule has 1 aliphatic heterocycles. The lowest BCUT2D eigenvalue weighted by molar-refractivity contribution is -0.127. The van der Waals surface area contributed by atoms with Crippen LogP contribution in [0.5, 0.6) is 0 Å². The smallest absolute Gasteiger partial charge is 0.321 e. The third kappa shape index (κ3) is 5.33. The van der Waals surface area contributed by atoms with Crippen LogP contribution in [0.4, 0.5) is 16.2 Å². The molecule has 0 aliphatic carbocycles. The van der Waals surface area contributed by atoms with E-state index in [-0.39, 0.29) is 12.3 Å². The van der Waals surface area contributed by atoms with Crippen LogP contribution in [0.3, 0.4) is 0 Å². The number of rotatable bonds is 6. The number of amides is 3. The van der Waals surface area contributed by atoms with Gasteiger partial charge in [-0.2, -0.15) is 0 Å². The Morgan fingerprint density at radius 1 is 1.14 bits per heavy atom. The number of Topliss-reactive ketones (excluding diaryl/α,β-unsaturated/α-hetero) is 1. The predicted octanol–water partition coefficient (Wildman–Crippen LogP) is 2.82. The Labute approximate surface area is 209 Å². The Balaban J connectivity index is 1.72. The van der Waals surface area contributed by atoms with Gasteiger partial charge in [-0.25, -0.2) is 14.8 Å². The van der Waals surface area contributed by atoms with Gasteiger partial charge in [0.05, 0.1) is 12.2 Å². The zero-order valence-corrected chi connectivity index (χ0v) is 20.4. The molecule has 4 rings (SSSR count). The topological polar surface area (TPSA) is 146 Å². The van der Waals surface area contributed by atoms with Crippen LogP contribution >= 0.6 is 0 Å². The highest BCUT2D eigenvalue weighted by molar-refractivity contribution is 6.19. The van der Waals surface area contributed by atoms with Gasteiger partial charge >= 0.3 is 6.03 Å². The average Bonchev–Trinajstić information content (AvgIpc) is 3.35. The van der Waals surface area contributed by atoms with E-state index in [0.29, 0.717) is 35.0 Å². The molecule has 0 bridgehead atoms. The second-order valence-electron chi connectivity index (χ2n) is 9.44. The Morgan fingerprint density at radius 2 is 1.92 bits per heavy atom. The maximum Gasteiger partial charge on any atom is 0.321 e. The first-order valence-electron chi connectivity index (χ1n) is 11.6. The van der Waals surface area contributed by atoms with E-state index in [1.54, 1.807) is 69.6 Å². The lowest BCUT2D eigenvalue weighted by Crippen LogP contribution is -2.50. The molecule has 1 atom stereocenters. The third-order valence-electron chi connectivity index (χ3n) is 5.76. The minimum Gasteiger partial charge on any atom is -0.343 e. The fraction of sp³-hybridized carbons (Fsp3) is 0.269. The number of nitrogens with zero attached hydrogens (tertiary/aromatic N) is 3. The first kappa shape index (κ1) is 24.8. The van der Waals surface area contributed by atoms with Crippen molar-refractivity contribution in [3.8, 4) is 0 Å². The normalized spacial score (nSPS) is 15.6. The van der Waals surface area contributed by atoms with Gasteiger partial charge in [-0.3, -0.25) is 9.59 Å². The molecule has 10 nitrogen and oxygen atoms in total. The van der Waals surface area contributed by atoms with E-state index in [1.165, 1.54) is 4.90 Å². The van der Waals surface area contributed by atoms with Crippen molar-refractivity contribution in [2.45, 2.75) is 33.5 Å². The molecule has 3 aromatic rings. The van der Waals surface area contributed by atoms with Crippen LogP contribution in [0.1, 0.15) is 37.7 Å². The number of anilines is 2. The van der Waals surface area contributed by atoms with Crippen LogP contribution in [-0.4, -0.2) is 46.1 Å². The van der Waals surface area contributed by atoms with E-state index in [4.69, 9.17) is 5.73 Å². The van der Waals surface area contributed by atoms with Crippen LogP contribution < -0.4 is 21.3 Å². The number of fused-ring (bicyclic) bond motifs is 1. The fourth-order valence-corrected chi connectivity index (χ4v) is 3.72. The number of hydrogen-bond acceptors (Lipinski definition) is 6. The number of nitrogens with one attached hydrogen (secondary N) is 3. The van der Waals surface area contributed by atoms with Gasteiger partial charge in [-0.1, -0.05) is 51.1 Å². The van der Waals surface area contributed by atoms with Crippen molar-refractivity contribution < 1.29 is 14.4 Å². The Hall–Kier alpha value is -4.31. The maximum absolute atomic E-state index is 13.8. The number of urea groups is 1. The molecule has 5 N–H and O–H groups in total. The number of hydrogen-bond donors (Lipinski definition) is 4. The van der Waals surface area contributed by atoms with E-state index in [9.17, 15) is 14.4 Å². The van der Waals surface area contributed by atoms with Gasteiger partial charge in [0, 0.05) is 35.6 Å². The van der Waals surface area contributed by atoms with Crippen molar-refractivity contribution in [2.24, 2.45) is 16.1 Å². The van der Waals surface area contributed by atoms with Crippen LogP contribution in [0.25, 0.3) is 0 Å². The lowest BCUT2D eigenvalue weighted by atomic mass is 9.90. The zero-order chi connectivity index (χ0) is 25.9. The zero-order valence-electron chi connectivity index (χ0n) is 20.4. The molecule has 0 spiro atoms. The van der Waals surface area contributed by atoms with Crippen molar-refractivity contribution in [1.82, 2.24) is 15.3 Å². The third-order valence-corrected chi connectivity index (χ3v) is 5.76. The van der Waals surface area contributed by atoms with E-state index in [1.807, 2.05) is 12.1 Å². The summed E-state index contributed by atoms with van der Waals surface area (Å²) in [5.41, 5.74) is 7.91. The number of para-hydroxylation sites is 1. The molecule has 0 saturated carbocycles. The number of nitrogens with two attached hydrogens (primary N) is 1. The van der Waals surface area contributed by atoms with Gasteiger partial charge in [0.15, 0.2) is 11.6 Å². The highest BCUT2D eigenvalue weighted by atomic mass is 16.2. The van der Waals surface area contributed by atoms with Gasteiger partial charge in [-0.05, 0) is 23.8 Å². The Kier molecular flexibility index (Phi) is 6.98. The molecule has 0 radical (unpaired) electrons. The van der Waals surface area contributed by atoms with E-state index >= 15 is 0 Å². The minimum absolute atomic E-state index is 0.131. The minimum atomic E-state index is -1.30. The number of benzene rings is 2. The summed E-state index contributed by atoms with van der Waals surface area (Å²) in [5.74, 6) is -0.233. The number of aromatic amines is 1. The van der Waals surface area contributed by atoms with Crippen LogP contribution in [-0.2, 0) is 16.1 Å². The van der Waals surface area contributed by atoms with Crippen LogP contribution in [0.2, 0.25) is 0 Å². The van der Waals surface area contributed by atoms with Crippen molar-refractivity contribution in [1.29, 1.82) is 0 Å². The van der Waals surface area contributed by atoms with Crippen molar-refractivity contribution in [3.05, 3.63) is 77.9 Å². The summed E-state index contributed by atoms with van der Waals surface area (Å²) in [7, 11) is 0. The van der Waals surface area contributed by atoms with Gasteiger partial charge in [0.2, 0.25) is 6.17 Å². The number of H-pyrrole nitrogens is 1. The molecule has 1 unspecified atom stereocenters. The maximum atomic E-state index is 13.8. The molecule has 2 heterocycles. The van der Waals surface area contributed by atoms with Crippen LogP contribution in [0, 0.1) is 5.41 Å². The van der Waals surface area contributed by atoms with Crippen molar-refractivity contribution in [3.63, 3.8) is 0 Å². The molecular formula is C26H29N7O3. The second kappa shape index (κ2) is 10.1. The SMILES string of the molecule is CC(C)(C)C(=O)CN1C(=O)C(NC(=O)Nc2cccc(CN)c2)N=C(c2ncc[nH]2)c2ccccc21. The van der Waals surface area contributed by atoms with Crippen molar-refractivity contribution in [2.75, 3.05) is 16.8 Å². The number of benzodiazepines with no additional fused rings is 1. The quantitative estimate of drug-likeness (QED) is 0.422. The van der Waals surface area contributed by atoms with E-state index < -0.39 is 23.5 Å². The molecule has 1 aromatic heterocycles. The summed E-state index contributed by atoms with van der Waals surface area (Å²) in [6, 6.07) is 13.6. The number of carbonyl (C=O) groups excluding carboxylic acids is 3. The average molecular weight is 488 g/mol. The van der Waals surface area contributed by atoms with E-state index in [0.717, 1.165) is 5.56 Å². The largest absolute Gasteiger partial charge is 0.343 e. The second-order valence-corrected chi connectivity index (χ2v) is 9.44. The highest BCUT2D eigenvalue weighted by Crippen LogP contribution is 2.28. The number of imidazole rings is 1. The van der Waals surface area contributed by atoms with Crippen molar-refractivity contribution >= 4 is 34.8 Å². The lowest BCUT2D eigenvalue weighted by Gasteiger charge is -2.28. The molecule has 0 saturated heterocycles. The highest BCUT2D eigenvalue weighted by Gasteiger charge is 2.36. The number of ketones is 1. The van der Waals surface area contributed by atoms with Gasteiger partial charge in [-0.15, -0.1) is 0 Å². The molecular weight excluding hydrogens is 458 g/mol. The standard InChI is InChI=1S/C26H29N7O3/c1-26(2,3)20(34)15-33-19-10-5-4-9-18(19)21(22-28-11-12-29-22)31-23(24(33)35)32-25(36)30-17-8-6-7-16(13-17)14-27/h4-13,23H,14-15,27H2,1-3H3,(H,28,29)(H2,30,32,36). The Bertz CT molecular complexity index is 1310. The summed E-state index contributed by atoms with van der Waals surface area (Å²) in [4.78, 5) is 52.9. The van der Waals surface area contributed by atoms with E-state index in [2.05, 4.69) is 25.6 Å². The number of aromatic nitrogens is 2. The summed E-state index contributed by atoms with van der Waals surface area (Å²) in [6.45, 7) is 5.55. The monoisotopic (exact) mass is 487 g/mol. The first-order chi connectivity index (χ1) is 17.2. The summed E-state index contributed by atoms with van der Waals surface area (Å²) >= 11 is 0. The molecule has 2 aromatic carbocycles. The molecule has 186 valence electrons. The number of aliphatic imine (C=N–C) groups is 1. The molecule has 0 fully saturated rings. The molecule has 10 heteroatoms. The summed E-state index contributed by atoms with van der Waals surface area (Å²) in [6.07, 6.45) is 1.92. The molecule has 3 amide bonds. The summed E-state index contributed by atoms with van der Waals surface area (Å²) in [5, 5.41) is 5.37. The first-order valence-corrected chi connectivity index (χ1v) is 11.6. The Morgan fingerprint density at radius 3 is 2.61 bits per heavy atom. The van der Waals surface area contributed by atoms with Gasteiger partial charge < -0.3 is 26.3 Å². The molecule has 36 heavy (non-hydrogen) atoms. The predicted molar refractivity (Wildman–Crippen MR) is 138 cm³/mol. The molecule has 1 aliphatic rings. The fourth-order valence-electron chi connectivity index (χ4n) is 3.72. The summed E-state index contributed by atoms with van der Waals surface area (Å²) < 4.78 is 0.